The number of nitrogens with zero attached hydrogens (tertiary/aromatic N) is 1. The third kappa shape index (κ3) is 1.61. The number of Topliss-reactive ketones (excluding diaryl/α,β-unsaturated/α-hetero) is 1. The Labute approximate surface area is 121 Å². The van der Waals surface area contributed by atoms with Crippen molar-refractivity contribution < 1.29 is 4.79 Å². The number of hydrogen-bond donors (Lipinski definition) is 0. The normalized spacial score (nSPS) is 13.9. The van der Waals surface area contributed by atoms with Gasteiger partial charge in [0.1, 0.15) is 0 Å². The van der Waals surface area contributed by atoms with Gasteiger partial charge in [0.2, 0.25) is 0 Å². The molecule has 0 radical (unpaired) electrons. The van der Waals surface area contributed by atoms with Crippen molar-refractivity contribution in [1.82, 2.24) is 4.57 Å². The first-order chi connectivity index (χ1) is 9.74. The lowest BCUT2D eigenvalue weighted by Crippen LogP contribution is -2.14. The highest BCUT2D eigenvalue weighted by Crippen LogP contribution is 2.35. The molecule has 1 aliphatic rings. The molecular formula is C17H12ClNO. The van der Waals surface area contributed by atoms with Gasteiger partial charge in [-0.25, -0.2) is 0 Å². The van der Waals surface area contributed by atoms with E-state index in [9.17, 15) is 4.79 Å². The average Bonchev–Trinajstić information content (AvgIpc) is 2.83. The van der Waals surface area contributed by atoms with Crippen molar-refractivity contribution >= 4 is 28.3 Å². The molecule has 0 unspecified atom stereocenters. The van der Waals surface area contributed by atoms with Crippen LogP contribution >= 0.6 is 11.6 Å². The lowest BCUT2D eigenvalue weighted by Gasteiger charge is -2.17. The van der Waals surface area contributed by atoms with E-state index in [2.05, 4.69) is 22.8 Å². The monoisotopic (exact) mass is 281 g/mol. The molecule has 0 saturated heterocycles. The second kappa shape index (κ2) is 4.22. The first-order valence-electron chi connectivity index (χ1n) is 6.65. The molecule has 0 fully saturated rings. The molecule has 98 valence electrons. The van der Waals surface area contributed by atoms with E-state index in [0.717, 1.165) is 28.7 Å². The van der Waals surface area contributed by atoms with E-state index in [-0.39, 0.29) is 5.78 Å². The topological polar surface area (TPSA) is 22.0 Å². The predicted octanol–water partition coefficient (Wildman–Crippen LogP) is 4.55. The lowest BCUT2D eigenvalue weighted by atomic mass is 10.0. The molecule has 1 aliphatic heterocycles. The summed E-state index contributed by atoms with van der Waals surface area (Å²) in [5.74, 6) is 0.183. The third-order valence-corrected chi connectivity index (χ3v) is 4.11. The molecule has 2 heterocycles. The Morgan fingerprint density at radius 2 is 1.85 bits per heavy atom. The molecular weight excluding hydrogens is 270 g/mol. The van der Waals surface area contributed by atoms with Gasteiger partial charge < -0.3 is 4.57 Å². The molecule has 0 atom stereocenters. The highest BCUT2D eigenvalue weighted by molar-refractivity contribution is 6.32. The molecule has 2 nitrogen and oxygen atoms in total. The van der Waals surface area contributed by atoms with Gasteiger partial charge in [-0.15, -0.1) is 0 Å². The van der Waals surface area contributed by atoms with Crippen LogP contribution in [0.15, 0.2) is 48.5 Å². The highest BCUT2D eigenvalue weighted by atomic mass is 35.5. The second-order valence-corrected chi connectivity index (χ2v) is 5.55. The quantitative estimate of drug-likeness (QED) is 0.641. The first kappa shape index (κ1) is 11.7. The van der Waals surface area contributed by atoms with Crippen LogP contribution in [-0.4, -0.2) is 10.4 Å². The summed E-state index contributed by atoms with van der Waals surface area (Å²) < 4.78 is 2.23. The van der Waals surface area contributed by atoms with Crippen LogP contribution in [0.4, 0.5) is 0 Å². The highest BCUT2D eigenvalue weighted by Gasteiger charge is 2.23. The van der Waals surface area contributed by atoms with Gasteiger partial charge in [0.15, 0.2) is 5.78 Å². The smallest absolute Gasteiger partial charge is 0.166 e. The van der Waals surface area contributed by atoms with Crippen LogP contribution in [0.5, 0.6) is 0 Å². The molecule has 3 aromatic rings. The van der Waals surface area contributed by atoms with Crippen molar-refractivity contribution in [2.24, 2.45) is 0 Å². The Morgan fingerprint density at radius 1 is 1.05 bits per heavy atom. The van der Waals surface area contributed by atoms with Gasteiger partial charge in [-0.3, -0.25) is 4.79 Å². The van der Waals surface area contributed by atoms with Crippen LogP contribution in [0.1, 0.15) is 16.8 Å². The zero-order valence-corrected chi connectivity index (χ0v) is 11.5. The summed E-state index contributed by atoms with van der Waals surface area (Å²) in [7, 11) is 0. The van der Waals surface area contributed by atoms with Crippen LogP contribution in [0, 0.1) is 0 Å². The molecule has 0 amide bonds. The maximum atomic E-state index is 12.1. The Bertz CT molecular complexity index is 833. The Morgan fingerprint density at radius 3 is 2.65 bits per heavy atom. The van der Waals surface area contributed by atoms with E-state index in [4.69, 9.17) is 11.6 Å². The zero-order chi connectivity index (χ0) is 13.7. The summed E-state index contributed by atoms with van der Waals surface area (Å²) in [4.78, 5) is 12.1. The number of carbonyl (C=O) groups excluding carboxylic acids is 1. The summed E-state index contributed by atoms with van der Waals surface area (Å²) >= 11 is 6.14. The Balaban J connectivity index is 2.09. The Kier molecular flexibility index (Phi) is 2.48. The molecule has 0 aliphatic carbocycles. The minimum atomic E-state index is 0.183. The molecule has 0 bridgehead atoms. The summed E-state index contributed by atoms with van der Waals surface area (Å²) in [5.41, 5.74) is 4.09. The largest absolute Gasteiger partial charge is 0.339 e. The van der Waals surface area contributed by atoms with Crippen molar-refractivity contribution in [3.05, 3.63) is 59.1 Å². The standard InChI is InChI=1S/C17H12ClNO/c18-13-8-12-9-15(11-4-2-1-3-5-11)19-7-6-16(20)14(10-13)17(12)19/h1-5,8-10H,6-7H2. The van der Waals surface area contributed by atoms with Gasteiger partial charge in [0.05, 0.1) is 5.52 Å². The van der Waals surface area contributed by atoms with Crippen LogP contribution < -0.4 is 0 Å². The number of aryl methyl sites for hydroxylation is 1. The number of ketones is 1. The van der Waals surface area contributed by atoms with Crippen LogP contribution in [0.2, 0.25) is 5.02 Å². The number of benzene rings is 2. The molecule has 0 saturated carbocycles. The van der Waals surface area contributed by atoms with Gasteiger partial charge >= 0.3 is 0 Å². The molecule has 3 heteroatoms. The average molecular weight is 282 g/mol. The molecule has 4 rings (SSSR count). The van der Waals surface area contributed by atoms with Crippen LogP contribution in [-0.2, 0) is 6.54 Å². The minimum Gasteiger partial charge on any atom is -0.339 e. The number of rotatable bonds is 1. The SMILES string of the molecule is O=C1CCn2c(-c3ccccc3)cc3cc(Cl)cc1c32. The van der Waals surface area contributed by atoms with Gasteiger partial charge in [-0.2, -0.15) is 0 Å². The summed E-state index contributed by atoms with van der Waals surface area (Å²) in [6, 6.07) is 16.1. The van der Waals surface area contributed by atoms with Crippen molar-refractivity contribution in [3.63, 3.8) is 0 Å². The maximum absolute atomic E-state index is 12.1. The van der Waals surface area contributed by atoms with Gasteiger partial charge in [0, 0.05) is 34.6 Å². The molecule has 0 N–H and O–H groups in total. The van der Waals surface area contributed by atoms with Gasteiger partial charge in [-0.1, -0.05) is 41.9 Å². The van der Waals surface area contributed by atoms with Crippen LogP contribution in [0.25, 0.3) is 22.2 Å². The fraction of sp³-hybridized carbons (Fsp3) is 0.118. The molecule has 2 aromatic carbocycles. The third-order valence-electron chi connectivity index (χ3n) is 3.89. The predicted molar refractivity (Wildman–Crippen MR) is 81.3 cm³/mol. The molecule has 20 heavy (non-hydrogen) atoms. The van der Waals surface area contributed by atoms with E-state index in [0.29, 0.717) is 11.4 Å². The molecule has 1 aromatic heterocycles. The van der Waals surface area contributed by atoms with Gasteiger partial charge in [-0.05, 0) is 23.8 Å². The second-order valence-electron chi connectivity index (χ2n) is 5.11. The van der Waals surface area contributed by atoms with Crippen molar-refractivity contribution in [3.8, 4) is 11.3 Å². The summed E-state index contributed by atoms with van der Waals surface area (Å²) in [5, 5.41) is 1.67. The minimum absolute atomic E-state index is 0.183. The lowest BCUT2D eigenvalue weighted by molar-refractivity contribution is 0.0973. The van der Waals surface area contributed by atoms with Crippen molar-refractivity contribution in [1.29, 1.82) is 0 Å². The van der Waals surface area contributed by atoms with E-state index < -0.39 is 0 Å². The fourth-order valence-corrected chi connectivity index (χ4v) is 3.24. The fourth-order valence-electron chi connectivity index (χ4n) is 3.02. The number of hydrogen-bond acceptors (Lipinski definition) is 1. The summed E-state index contributed by atoms with van der Waals surface area (Å²) in [6.45, 7) is 0.737. The maximum Gasteiger partial charge on any atom is 0.166 e. The van der Waals surface area contributed by atoms with Crippen LogP contribution in [0.3, 0.4) is 0 Å². The van der Waals surface area contributed by atoms with E-state index in [1.165, 1.54) is 5.56 Å². The summed E-state index contributed by atoms with van der Waals surface area (Å²) in [6.07, 6.45) is 0.539. The van der Waals surface area contributed by atoms with Crippen molar-refractivity contribution in [2.75, 3.05) is 0 Å². The van der Waals surface area contributed by atoms with E-state index in [1.807, 2.05) is 24.3 Å². The van der Waals surface area contributed by atoms with E-state index in [1.54, 1.807) is 6.07 Å². The Hall–Kier alpha value is -2.06. The number of halogens is 1. The van der Waals surface area contributed by atoms with Gasteiger partial charge in [0.25, 0.3) is 0 Å². The zero-order valence-electron chi connectivity index (χ0n) is 10.8. The van der Waals surface area contributed by atoms with Crippen molar-refractivity contribution in [2.45, 2.75) is 13.0 Å². The number of aromatic nitrogens is 1. The van der Waals surface area contributed by atoms with E-state index >= 15 is 0 Å². The number of carbonyl (C=O) groups is 1. The molecule has 0 spiro atoms. The first-order valence-corrected chi connectivity index (χ1v) is 7.03.